The number of nitrogens with one attached hydrogen (secondary N) is 1. The SMILES string of the molecule is CCNCC1CCN(C)C1c1ccc(Cl)c2cccnc12. The standard InChI is InChI=1S/C17H22ClN3/c1-3-19-11-12-8-10-21(2)17(12)14-6-7-15(18)13-5-4-9-20-16(13)14/h4-7,9,12,17,19H,3,8,10-11H2,1-2H3. The lowest BCUT2D eigenvalue weighted by atomic mass is 9.92. The van der Waals surface area contributed by atoms with Gasteiger partial charge in [-0.2, -0.15) is 0 Å². The minimum absolute atomic E-state index is 0.415. The van der Waals surface area contributed by atoms with E-state index in [1.165, 1.54) is 12.0 Å². The maximum Gasteiger partial charge on any atom is 0.0764 e. The summed E-state index contributed by atoms with van der Waals surface area (Å²) < 4.78 is 0. The summed E-state index contributed by atoms with van der Waals surface area (Å²) in [5, 5.41) is 5.33. The fraction of sp³-hybridized carbons (Fsp3) is 0.471. The summed E-state index contributed by atoms with van der Waals surface area (Å²) in [7, 11) is 2.21. The summed E-state index contributed by atoms with van der Waals surface area (Å²) in [4.78, 5) is 7.05. The van der Waals surface area contributed by atoms with E-state index >= 15 is 0 Å². The minimum atomic E-state index is 0.415. The number of nitrogens with zero attached hydrogens (tertiary/aromatic N) is 2. The van der Waals surface area contributed by atoms with Gasteiger partial charge in [-0.05, 0) is 62.8 Å². The minimum Gasteiger partial charge on any atom is -0.317 e. The molecule has 0 saturated carbocycles. The molecular formula is C17H22ClN3. The zero-order valence-electron chi connectivity index (χ0n) is 12.6. The Balaban J connectivity index is 2.04. The third-order valence-electron chi connectivity index (χ3n) is 4.50. The van der Waals surface area contributed by atoms with Crippen LogP contribution < -0.4 is 5.32 Å². The molecule has 1 aliphatic heterocycles. The number of hydrogen-bond donors (Lipinski definition) is 1. The third-order valence-corrected chi connectivity index (χ3v) is 4.83. The van der Waals surface area contributed by atoms with E-state index in [1.807, 2.05) is 18.3 Å². The zero-order chi connectivity index (χ0) is 14.8. The first kappa shape index (κ1) is 14.8. The summed E-state index contributed by atoms with van der Waals surface area (Å²) >= 11 is 6.33. The lowest BCUT2D eigenvalue weighted by Crippen LogP contribution is -2.28. The molecule has 112 valence electrons. The quantitative estimate of drug-likeness (QED) is 0.937. The van der Waals surface area contributed by atoms with Gasteiger partial charge in [0.05, 0.1) is 5.52 Å². The van der Waals surface area contributed by atoms with E-state index in [9.17, 15) is 0 Å². The molecule has 1 saturated heterocycles. The lowest BCUT2D eigenvalue weighted by molar-refractivity contribution is 0.274. The highest BCUT2D eigenvalue weighted by Gasteiger charge is 2.33. The molecular weight excluding hydrogens is 282 g/mol. The van der Waals surface area contributed by atoms with Crippen LogP contribution in [0.2, 0.25) is 5.02 Å². The maximum absolute atomic E-state index is 6.33. The van der Waals surface area contributed by atoms with E-state index in [0.29, 0.717) is 12.0 Å². The molecule has 1 aromatic carbocycles. The molecule has 1 aliphatic rings. The van der Waals surface area contributed by atoms with Crippen molar-refractivity contribution in [1.29, 1.82) is 0 Å². The van der Waals surface area contributed by atoms with Crippen molar-refractivity contribution in [2.45, 2.75) is 19.4 Å². The van der Waals surface area contributed by atoms with Gasteiger partial charge >= 0.3 is 0 Å². The molecule has 0 radical (unpaired) electrons. The summed E-state index contributed by atoms with van der Waals surface area (Å²) in [6.45, 7) is 5.37. The molecule has 21 heavy (non-hydrogen) atoms. The number of rotatable bonds is 4. The van der Waals surface area contributed by atoms with Crippen LogP contribution in [0.5, 0.6) is 0 Å². The van der Waals surface area contributed by atoms with Crippen molar-refractivity contribution >= 4 is 22.5 Å². The average molecular weight is 304 g/mol. The van der Waals surface area contributed by atoms with E-state index in [2.05, 4.69) is 41.3 Å². The van der Waals surface area contributed by atoms with Crippen LogP contribution in [0.1, 0.15) is 24.9 Å². The Bertz CT molecular complexity index is 628. The molecule has 3 nitrogen and oxygen atoms in total. The predicted octanol–water partition coefficient (Wildman–Crippen LogP) is 3.49. The molecule has 0 aliphatic carbocycles. The molecule has 0 bridgehead atoms. The second kappa shape index (κ2) is 6.30. The summed E-state index contributed by atoms with van der Waals surface area (Å²) in [6, 6.07) is 8.59. The molecule has 2 heterocycles. The Morgan fingerprint density at radius 3 is 3.05 bits per heavy atom. The smallest absolute Gasteiger partial charge is 0.0764 e. The summed E-state index contributed by atoms with van der Waals surface area (Å²) in [5.74, 6) is 0.626. The topological polar surface area (TPSA) is 28.2 Å². The van der Waals surface area contributed by atoms with Crippen LogP contribution in [-0.2, 0) is 0 Å². The number of fused-ring (bicyclic) bond motifs is 1. The van der Waals surface area contributed by atoms with Crippen LogP contribution in [0.15, 0.2) is 30.5 Å². The number of likely N-dealkylation sites (tertiary alicyclic amines) is 1. The molecule has 4 heteroatoms. The fourth-order valence-corrected chi connectivity index (χ4v) is 3.67. The van der Waals surface area contributed by atoms with E-state index in [0.717, 1.165) is 35.6 Å². The van der Waals surface area contributed by atoms with Gasteiger partial charge in [0, 0.05) is 22.6 Å². The van der Waals surface area contributed by atoms with E-state index in [-0.39, 0.29) is 0 Å². The molecule has 2 aromatic rings. The molecule has 2 atom stereocenters. The second-order valence-corrected chi connectivity index (χ2v) is 6.23. The first-order chi connectivity index (χ1) is 10.2. The number of aromatic nitrogens is 1. The van der Waals surface area contributed by atoms with Gasteiger partial charge in [0.1, 0.15) is 0 Å². The Labute approximate surface area is 131 Å². The molecule has 0 amide bonds. The number of benzene rings is 1. The first-order valence-corrected chi connectivity index (χ1v) is 8.04. The highest BCUT2D eigenvalue weighted by molar-refractivity contribution is 6.35. The monoisotopic (exact) mass is 303 g/mol. The Kier molecular flexibility index (Phi) is 4.43. The first-order valence-electron chi connectivity index (χ1n) is 7.66. The van der Waals surface area contributed by atoms with Crippen molar-refractivity contribution in [2.24, 2.45) is 5.92 Å². The van der Waals surface area contributed by atoms with Crippen LogP contribution in [-0.4, -0.2) is 36.6 Å². The summed E-state index contributed by atoms with van der Waals surface area (Å²) in [5.41, 5.74) is 2.35. The van der Waals surface area contributed by atoms with Crippen LogP contribution in [0, 0.1) is 5.92 Å². The maximum atomic E-state index is 6.33. The van der Waals surface area contributed by atoms with E-state index < -0.39 is 0 Å². The van der Waals surface area contributed by atoms with Crippen LogP contribution in [0.3, 0.4) is 0 Å². The largest absolute Gasteiger partial charge is 0.317 e. The van der Waals surface area contributed by atoms with E-state index in [1.54, 1.807) is 0 Å². The average Bonchev–Trinajstić information content (AvgIpc) is 2.87. The molecule has 1 aromatic heterocycles. The Morgan fingerprint density at radius 2 is 2.24 bits per heavy atom. The molecule has 1 N–H and O–H groups in total. The van der Waals surface area contributed by atoms with Crippen LogP contribution in [0.4, 0.5) is 0 Å². The number of pyridine rings is 1. The van der Waals surface area contributed by atoms with Gasteiger partial charge < -0.3 is 5.32 Å². The van der Waals surface area contributed by atoms with Crippen molar-refractivity contribution in [1.82, 2.24) is 15.2 Å². The molecule has 0 spiro atoms. The summed E-state index contributed by atoms with van der Waals surface area (Å²) in [6.07, 6.45) is 3.08. The highest BCUT2D eigenvalue weighted by atomic mass is 35.5. The van der Waals surface area contributed by atoms with Crippen molar-refractivity contribution in [3.8, 4) is 0 Å². The second-order valence-electron chi connectivity index (χ2n) is 5.82. The normalized spacial score (nSPS) is 23.0. The van der Waals surface area contributed by atoms with Crippen LogP contribution >= 0.6 is 11.6 Å². The molecule has 3 rings (SSSR count). The van der Waals surface area contributed by atoms with Gasteiger partial charge in [0.15, 0.2) is 0 Å². The Morgan fingerprint density at radius 1 is 1.38 bits per heavy atom. The van der Waals surface area contributed by atoms with Crippen molar-refractivity contribution < 1.29 is 0 Å². The number of halogens is 1. The van der Waals surface area contributed by atoms with Gasteiger partial charge in [-0.3, -0.25) is 9.88 Å². The van der Waals surface area contributed by atoms with E-state index in [4.69, 9.17) is 11.6 Å². The van der Waals surface area contributed by atoms with Gasteiger partial charge in [0.25, 0.3) is 0 Å². The lowest BCUT2D eigenvalue weighted by Gasteiger charge is -2.26. The third kappa shape index (κ3) is 2.78. The van der Waals surface area contributed by atoms with Gasteiger partial charge in [-0.25, -0.2) is 0 Å². The molecule has 2 unspecified atom stereocenters. The predicted molar refractivity (Wildman–Crippen MR) is 88.8 cm³/mol. The Hall–Kier alpha value is -1.16. The number of hydrogen-bond acceptors (Lipinski definition) is 3. The van der Waals surface area contributed by atoms with Gasteiger partial charge in [-0.15, -0.1) is 0 Å². The van der Waals surface area contributed by atoms with Gasteiger partial charge in [0.2, 0.25) is 0 Å². The van der Waals surface area contributed by atoms with Crippen molar-refractivity contribution in [2.75, 3.05) is 26.7 Å². The fourth-order valence-electron chi connectivity index (χ4n) is 3.46. The molecule has 1 fully saturated rings. The van der Waals surface area contributed by atoms with Gasteiger partial charge in [-0.1, -0.05) is 24.6 Å². The highest BCUT2D eigenvalue weighted by Crippen LogP contribution is 2.39. The van der Waals surface area contributed by atoms with Crippen molar-refractivity contribution in [3.63, 3.8) is 0 Å². The van der Waals surface area contributed by atoms with Crippen molar-refractivity contribution in [3.05, 3.63) is 41.0 Å². The van der Waals surface area contributed by atoms with Crippen LogP contribution in [0.25, 0.3) is 10.9 Å². The zero-order valence-corrected chi connectivity index (χ0v) is 13.4.